The van der Waals surface area contributed by atoms with Gasteiger partial charge >= 0.3 is 0 Å². The van der Waals surface area contributed by atoms with Crippen molar-refractivity contribution in [3.8, 4) is 17.2 Å². The SMILES string of the molecule is COc1cccc(Oc2cc(C)cc(F)c2)c1. The van der Waals surface area contributed by atoms with Gasteiger partial charge in [-0.15, -0.1) is 0 Å². The lowest BCUT2D eigenvalue weighted by molar-refractivity contribution is 0.408. The van der Waals surface area contributed by atoms with Gasteiger partial charge in [0.15, 0.2) is 0 Å². The Balaban J connectivity index is 2.24. The zero-order valence-corrected chi connectivity index (χ0v) is 9.74. The van der Waals surface area contributed by atoms with Crippen molar-refractivity contribution in [2.75, 3.05) is 7.11 Å². The summed E-state index contributed by atoms with van der Waals surface area (Å²) < 4.78 is 23.8. The summed E-state index contributed by atoms with van der Waals surface area (Å²) in [5.41, 5.74) is 0.822. The molecule has 2 nitrogen and oxygen atoms in total. The maximum absolute atomic E-state index is 13.2. The Labute approximate surface area is 99.6 Å². The fourth-order valence-electron chi connectivity index (χ4n) is 1.56. The molecule has 0 aliphatic rings. The Morgan fingerprint density at radius 2 is 1.71 bits per heavy atom. The summed E-state index contributed by atoms with van der Waals surface area (Å²) >= 11 is 0. The molecule has 0 fully saturated rings. The summed E-state index contributed by atoms with van der Waals surface area (Å²) in [6, 6.07) is 11.8. The second kappa shape index (κ2) is 4.87. The van der Waals surface area contributed by atoms with Crippen LogP contribution in [0.4, 0.5) is 4.39 Å². The third-order valence-electron chi connectivity index (χ3n) is 2.29. The first-order valence-electron chi connectivity index (χ1n) is 5.26. The number of methoxy groups -OCH3 is 1. The van der Waals surface area contributed by atoms with E-state index in [1.54, 1.807) is 25.3 Å². The van der Waals surface area contributed by atoms with Crippen LogP contribution in [0.3, 0.4) is 0 Å². The Morgan fingerprint density at radius 3 is 2.41 bits per heavy atom. The molecule has 0 atom stereocenters. The van der Waals surface area contributed by atoms with E-state index >= 15 is 0 Å². The predicted octanol–water partition coefficient (Wildman–Crippen LogP) is 3.94. The van der Waals surface area contributed by atoms with Gasteiger partial charge in [0, 0.05) is 12.1 Å². The van der Waals surface area contributed by atoms with Crippen LogP contribution in [0.15, 0.2) is 42.5 Å². The molecular formula is C14H13FO2. The molecule has 88 valence electrons. The highest BCUT2D eigenvalue weighted by Crippen LogP contribution is 2.26. The minimum atomic E-state index is -0.303. The summed E-state index contributed by atoms with van der Waals surface area (Å²) in [4.78, 5) is 0. The van der Waals surface area contributed by atoms with Crippen molar-refractivity contribution >= 4 is 0 Å². The molecule has 0 aliphatic carbocycles. The Hall–Kier alpha value is -2.03. The van der Waals surface area contributed by atoms with Crippen LogP contribution in [0, 0.1) is 12.7 Å². The van der Waals surface area contributed by atoms with Gasteiger partial charge in [0.2, 0.25) is 0 Å². The monoisotopic (exact) mass is 232 g/mol. The minimum Gasteiger partial charge on any atom is -0.497 e. The summed E-state index contributed by atoms with van der Waals surface area (Å²) in [5.74, 6) is 1.50. The second-order valence-electron chi connectivity index (χ2n) is 3.75. The van der Waals surface area contributed by atoms with E-state index in [1.165, 1.54) is 12.1 Å². The van der Waals surface area contributed by atoms with Gasteiger partial charge in [-0.3, -0.25) is 0 Å². The summed E-state index contributed by atoms with van der Waals surface area (Å²) in [6.45, 7) is 1.82. The molecule has 0 saturated heterocycles. The van der Waals surface area contributed by atoms with Gasteiger partial charge in [-0.25, -0.2) is 4.39 Å². The van der Waals surface area contributed by atoms with Crippen LogP contribution in [0.25, 0.3) is 0 Å². The number of rotatable bonds is 3. The van der Waals surface area contributed by atoms with Crippen LogP contribution >= 0.6 is 0 Å². The van der Waals surface area contributed by atoms with Crippen LogP contribution in [-0.4, -0.2) is 7.11 Å². The van der Waals surface area contributed by atoms with Crippen molar-refractivity contribution in [2.24, 2.45) is 0 Å². The van der Waals surface area contributed by atoms with E-state index in [0.29, 0.717) is 17.2 Å². The number of benzene rings is 2. The standard InChI is InChI=1S/C14H13FO2/c1-10-6-11(15)8-14(7-10)17-13-5-3-4-12(9-13)16-2/h3-9H,1-2H3. The smallest absolute Gasteiger partial charge is 0.131 e. The zero-order valence-electron chi connectivity index (χ0n) is 9.74. The molecule has 0 spiro atoms. The number of hydrogen-bond acceptors (Lipinski definition) is 2. The molecule has 0 amide bonds. The summed E-state index contributed by atoms with van der Waals surface area (Å²) in [6.07, 6.45) is 0. The van der Waals surface area contributed by atoms with E-state index in [9.17, 15) is 4.39 Å². The fourth-order valence-corrected chi connectivity index (χ4v) is 1.56. The molecule has 2 aromatic carbocycles. The van der Waals surface area contributed by atoms with Crippen LogP contribution in [-0.2, 0) is 0 Å². The Morgan fingerprint density at radius 1 is 0.941 bits per heavy atom. The second-order valence-corrected chi connectivity index (χ2v) is 3.75. The summed E-state index contributed by atoms with van der Waals surface area (Å²) in [5, 5.41) is 0. The molecule has 0 N–H and O–H groups in total. The van der Waals surface area contributed by atoms with Gasteiger partial charge in [0.25, 0.3) is 0 Å². The molecule has 0 radical (unpaired) electrons. The van der Waals surface area contributed by atoms with Gasteiger partial charge in [-0.2, -0.15) is 0 Å². The van der Waals surface area contributed by atoms with Crippen molar-refractivity contribution in [3.63, 3.8) is 0 Å². The van der Waals surface area contributed by atoms with E-state index in [2.05, 4.69) is 0 Å². The van der Waals surface area contributed by atoms with Crippen molar-refractivity contribution in [3.05, 3.63) is 53.8 Å². The van der Waals surface area contributed by atoms with Crippen LogP contribution in [0.5, 0.6) is 17.2 Å². The highest BCUT2D eigenvalue weighted by Gasteiger charge is 2.02. The number of aryl methyl sites for hydroxylation is 1. The average Bonchev–Trinajstić information content (AvgIpc) is 2.28. The van der Waals surface area contributed by atoms with Gasteiger partial charge < -0.3 is 9.47 Å². The molecule has 0 heterocycles. The molecule has 17 heavy (non-hydrogen) atoms. The van der Waals surface area contributed by atoms with Gasteiger partial charge in [-0.1, -0.05) is 6.07 Å². The van der Waals surface area contributed by atoms with Crippen LogP contribution in [0.2, 0.25) is 0 Å². The van der Waals surface area contributed by atoms with E-state index in [1.807, 2.05) is 19.1 Å². The first kappa shape index (κ1) is 11.5. The lowest BCUT2D eigenvalue weighted by atomic mass is 10.2. The van der Waals surface area contributed by atoms with Crippen molar-refractivity contribution < 1.29 is 13.9 Å². The molecule has 3 heteroatoms. The van der Waals surface area contributed by atoms with Crippen molar-refractivity contribution in [1.82, 2.24) is 0 Å². The van der Waals surface area contributed by atoms with Crippen molar-refractivity contribution in [1.29, 1.82) is 0 Å². The zero-order chi connectivity index (χ0) is 12.3. The summed E-state index contributed by atoms with van der Waals surface area (Å²) in [7, 11) is 1.59. The Bertz CT molecular complexity index is 503. The van der Waals surface area contributed by atoms with E-state index < -0.39 is 0 Å². The number of halogens is 1. The third-order valence-corrected chi connectivity index (χ3v) is 2.29. The largest absolute Gasteiger partial charge is 0.497 e. The first-order valence-corrected chi connectivity index (χ1v) is 5.26. The third kappa shape index (κ3) is 2.97. The first-order chi connectivity index (χ1) is 8.17. The molecule has 0 bridgehead atoms. The normalized spacial score (nSPS) is 10.1. The number of hydrogen-bond donors (Lipinski definition) is 0. The molecule has 2 rings (SSSR count). The van der Waals surface area contributed by atoms with E-state index in [-0.39, 0.29) is 5.82 Å². The predicted molar refractivity (Wildman–Crippen MR) is 64.2 cm³/mol. The van der Waals surface area contributed by atoms with Gasteiger partial charge in [0.05, 0.1) is 7.11 Å². The van der Waals surface area contributed by atoms with Crippen molar-refractivity contribution in [2.45, 2.75) is 6.92 Å². The quantitative estimate of drug-likeness (QED) is 0.798. The van der Waals surface area contributed by atoms with Gasteiger partial charge in [-0.05, 0) is 36.8 Å². The molecule has 2 aromatic rings. The lowest BCUT2D eigenvalue weighted by Gasteiger charge is -2.08. The average molecular weight is 232 g/mol. The maximum atomic E-state index is 13.2. The van der Waals surface area contributed by atoms with Crippen LogP contribution < -0.4 is 9.47 Å². The van der Waals surface area contributed by atoms with Crippen LogP contribution in [0.1, 0.15) is 5.56 Å². The lowest BCUT2D eigenvalue weighted by Crippen LogP contribution is -1.88. The maximum Gasteiger partial charge on any atom is 0.131 e. The van der Waals surface area contributed by atoms with Gasteiger partial charge in [0.1, 0.15) is 23.1 Å². The molecule has 0 aromatic heterocycles. The highest BCUT2D eigenvalue weighted by molar-refractivity contribution is 5.38. The highest BCUT2D eigenvalue weighted by atomic mass is 19.1. The molecule has 0 aliphatic heterocycles. The number of ether oxygens (including phenoxy) is 2. The van der Waals surface area contributed by atoms with E-state index in [0.717, 1.165) is 5.56 Å². The molecule has 0 saturated carbocycles. The Kier molecular flexibility index (Phi) is 3.28. The molecular weight excluding hydrogens is 219 g/mol. The topological polar surface area (TPSA) is 18.5 Å². The minimum absolute atomic E-state index is 0.303. The fraction of sp³-hybridized carbons (Fsp3) is 0.143. The van der Waals surface area contributed by atoms with E-state index in [4.69, 9.17) is 9.47 Å². The molecule has 0 unspecified atom stereocenters.